The molecule has 0 atom stereocenters. The summed E-state index contributed by atoms with van der Waals surface area (Å²) >= 11 is 0. The molecule has 0 aliphatic heterocycles. The van der Waals surface area contributed by atoms with E-state index in [0.29, 0.717) is 19.4 Å². The number of aromatic nitrogens is 2. The maximum absolute atomic E-state index is 13.1. The number of anilines is 2. The number of nitrogens with zero attached hydrogens (tertiary/aromatic N) is 2. The fourth-order valence-electron chi connectivity index (χ4n) is 3.52. The number of nitrogens with two attached hydrogens (primary N) is 1. The van der Waals surface area contributed by atoms with E-state index in [2.05, 4.69) is 4.98 Å². The van der Waals surface area contributed by atoms with E-state index in [-0.39, 0.29) is 30.4 Å². The van der Waals surface area contributed by atoms with E-state index in [9.17, 15) is 14.4 Å². The number of carbonyl (C=O) groups excluding carboxylic acids is 1. The number of hydrogen-bond acceptors (Lipinski definition) is 5. The number of carbonyl (C=O) groups is 1. The van der Waals surface area contributed by atoms with E-state index < -0.39 is 11.2 Å². The van der Waals surface area contributed by atoms with Crippen molar-refractivity contribution < 1.29 is 9.53 Å². The number of amides is 1. The number of rotatable bonds is 9. The molecular formula is C24H28N4O4. The molecule has 8 nitrogen and oxygen atoms in total. The van der Waals surface area contributed by atoms with E-state index in [1.54, 1.807) is 7.11 Å². The summed E-state index contributed by atoms with van der Waals surface area (Å²) in [5.41, 5.74) is 6.85. The molecular weight excluding hydrogens is 408 g/mol. The molecule has 3 rings (SSSR count). The van der Waals surface area contributed by atoms with Crippen molar-refractivity contribution in [2.75, 3.05) is 24.3 Å². The molecule has 3 N–H and O–H groups in total. The Bertz CT molecular complexity index is 1170. The molecule has 3 aromatic rings. The minimum absolute atomic E-state index is 0.0158. The average Bonchev–Trinajstić information content (AvgIpc) is 2.80. The van der Waals surface area contributed by atoms with E-state index in [1.807, 2.05) is 61.5 Å². The van der Waals surface area contributed by atoms with Crippen LogP contribution in [0, 0.1) is 0 Å². The first-order valence-corrected chi connectivity index (χ1v) is 10.5. The second-order valence-electron chi connectivity index (χ2n) is 7.46. The number of aryl methyl sites for hydroxylation is 1. The summed E-state index contributed by atoms with van der Waals surface area (Å²) in [6, 6.07) is 16.8. The molecule has 1 heterocycles. The van der Waals surface area contributed by atoms with Crippen LogP contribution in [0.3, 0.4) is 0 Å². The summed E-state index contributed by atoms with van der Waals surface area (Å²) in [4.78, 5) is 41.9. The zero-order chi connectivity index (χ0) is 23.1. The molecule has 0 spiro atoms. The lowest BCUT2D eigenvalue weighted by Gasteiger charge is -2.24. The highest BCUT2D eigenvalue weighted by molar-refractivity contribution is 5.95. The summed E-state index contributed by atoms with van der Waals surface area (Å²) in [7, 11) is 1.60. The SMILES string of the molecule is CCCN(C(=O)CCc1ccc(OC)cc1)c1c(N)n(Cc2ccccc2)c(=O)[nH]c1=O. The van der Waals surface area contributed by atoms with Crippen molar-refractivity contribution in [3.05, 3.63) is 86.6 Å². The minimum atomic E-state index is -0.664. The standard InChI is InChI=1S/C24H28N4O4/c1-3-15-27(20(29)14-11-17-9-12-19(32-2)13-10-17)21-22(25)28(24(31)26-23(21)30)16-18-7-5-4-6-8-18/h4-10,12-13H,3,11,14-16,25H2,1-2H3,(H,26,30,31). The van der Waals surface area contributed by atoms with E-state index in [0.717, 1.165) is 16.9 Å². The molecule has 0 fully saturated rings. The van der Waals surface area contributed by atoms with Gasteiger partial charge in [0.2, 0.25) is 5.91 Å². The van der Waals surface area contributed by atoms with Crippen molar-refractivity contribution >= 4 is 17.4 Å². The van der Waals surface area contributed by atoms with Crippen LogP contribution in [0.1, 0.15) is 30.9 Å². The Labute approximate surface area is 186 Å². The lowest BCUT2D eigenvalue weighted by atomic mass is 10.1. The Kier molecular flexibility index (Phi) is 7.49. The van der Waals surface area contributed by atoms with Crippen LogP contribution in [0.5, 0.6) is 5.75 Å². The molecule has 32 heavy (non-hydrogen) atoms. The molecule has 0 saturated carbocycles. The van der Waals surface area contributed by atoms with Gasteiger partial charge in [-0.05, 0) is 36.1 Å². The van der Waals surface area contributed by atoms with Crippen molar-refractivity contribution in [1.82, 2.24) is 9.55 Å². The molecule has 0 aliphatic carbocycles. The topological polar surface area (TPSA) is 110 Å². The fourth-order valence-corrected chi connectivity index (χ4v) is 3.52. The Balaban J connectivity index is 1.88. The van der Waals surface area contributed by atoms with Crippen LogP contribution in [-0.2, 0) is 17.8 Å². The van der Waals surface area contributed by atoms with Gasteiger partial charge in [-0.2, -0.15) is 0 Å². The minimum Gasteiger partial charge on any atom is -0.497 e. The number of nitrogen functional groups attached to an aromatic ring is 1. The van der Waals surface area contributed by atoms with Gasteiger partial charge < -0.3 is 15.4 Å². The van der Waals surface area contributed by atoms with Crippen molar-refractivity contribution in [1.29, 1.82) is 0 Å². The monoisotopic (exact) mass is 436 g/mol. The van der Waals surface area contributed by atoms with Crippen LogP contribution in [0.4, 0.5) is 11.5 Å². The molecule has 0 bridgehead atoms. The first-order valence-electron chi connectivity index (χ1n) is 10.5. The van der Waals surface area contributed by atoms with E-state index in [1.165, 1.54) is 9.47 Å². The van der Waals surface area contributed by atoms with Gasteiger partial charge >= 0.3 is 5.69 Å². The molecule has 1 amide bonds. The van der Waals surface area contributed by atoms with Gasteiger partial charge in [0.25, 0.3) is 5.56 Å². The molecule has 0 radical (unpaired) electrons. The van der Waals surface area contributed by atoms with Gasteiger partial charge in [-0.25, -0.2) is 4.79 Å². The number of H-pyrrole nitrogens is 1. The Hall–Kier alpha value is -3.81. The number of aromatic amines is 1. The van der Waals surface area contributed by atoms with Crippen LogP contribution in [-0.4, -0.2) is 29.1 Å². The van der Waals surface area contributed by atoms with Gasteiger partial charge in [-0.15, -0.1) is 0 Å². The largest absolute Gasteiger partial charge is 0.497 e. The van der Waals surface area contributed by atoms with Crippen LogP contribution in [0.25, 0.3) is 0 Å². The molecule has 168 valence electrons. The number of benzene rings is 2. The summed E-state index contributed by atoms with van der Waals surface area (Å²) in [6.45, 7) is 2.42. The van der Waals surface area contributed by atoms with Crippen molar-refractivity contribution in [3.63, 3.8) is 0 Å². The number of nitrogens with one attached hydrogen (secondary N) is 1. The maximum atomic E-state index is 13.1. The van der Waals surface area contributed by atoms with Gasteiger partial charge in [0.05, 0.1) is 13.7 Å². The summed E-state index contributed by atoms with van der Waals surface area (Å²) < 4.78 is 6.44. The lowest BCUT2D eigenvalue weighted by molar-refractivity contribution is -0.118. The molecule has 0 unspecified atom stereocenters. The normalized spacial score (nSPS) is 10.7. The molecule has 8 heteroatoms. The molecule has 2 aromatic carbocycles. The molecule has 1 aromatic heterocycles. The van der Waals surface area contributed by atoms with Gasteiger partial charge in [0.15, 0.2) is 5.69 Å². The zero-order valence-corrected chi connectivity index (χ0v) is 18.3. The van der Waals surface area contributed by atoms with Gasteiger partial charge in [0.1, 0.15) is 11.6 Å². The second-order valence-corrected chi connectivity index (χ2v) is 7.46. The highest BCUT2D eigenvalue weighted by atomic mass is 16.5. The van der Waals surface area contributed by atoms with Crippen molar-refractivity contribution in [2.45, 2.75) is 32.7 Å². The van der Waals surface area contributed by atoms with Crippen LogP contribution in [0.2, 0.25) is 0 Å². The predicted molar refractivity (Wildman–Crippen MR) is 125 cm³/mol. The van der Waals surface area contributed by atoms with Crippen LogP contribution in [0.15, 0.2) is 64.2 Å². The van der Waals surface area contributed by atoms with Crippen molar-refractivity contribution in [3.8, 4) is 5.75 Å². The number of methoxy groups -OCH3 is 1. The van der Waals surface area contributed by atoms with Gasteiger partial charge in [-0.1, -0.05) is 49.4 Å². The third kappa shape index (κ3) is 5.26. The highest BCUT2D eigenvalue weighted by Crippen LogP contribution is 2.20. The first kappa shape index (κ1) is 22.9. The Morgan fingerprint density at radius 2 is 1.75 bits per heavy atom. The van der Waals surface area contributed by atoms with E-state index in [4.69, 9.17) is 10.5 Å². The molecule has 0 saturated heterocycles. The number of hydrogen-bond donors (Lipinski definition) is 2. The Morgan fingerprint density at radius 1 is 1.06 bits per heavy atom. The molecule has 0 aliphatic rings. The smallest absolute Gasteiger partial charge is 0.330 e. The quantitative estimate of drug-likeness (QED) is 0.536. The maximum Gasteiger partial charge on any atom is 0.330 e. The first-order chi connectivity index (χ1) is 15.4. The fraction of sp³-hybridized carbons (Fsp3) is 0.292. The predicted octanol–water partition coefficient (Wildman–Crippen LogP) is 2.55. The average molecular weight is 437 g/mol. The lowest BCUT2D eigenvalue weighted by Crippen LogP contribution is -2.41. The Morgan fingerprint density at radius 3 is 2.38 bits per heavy atom. The zero-order valence-electron chi connectivity index (χ0n) is 18.3. The summed E-state index contributed by atoms with van der Waals surface area (Å²) in [6.07, 6.45) is 1.33. The summed E-state index contributed by atoms with van der Waals surface area (Å²) in [5.74, 6) is 0.492. The van der Waals surface area contributed by atoms with Gasteiger partial charge in [0, 0.05) is 13.0 Å². The third-order valence-electron chi connectivity index (χ3n) is 5.20. The number of ether oxygens (including phenoxy) is 1. The summed E-state index contributed by atoms with van der Waals surface area (Å²) in [5, 5.41) is 0. The van der Waals surface area contributed by atoms with Crippen molar-refractivity contribution in [2.24, 2.45) is 0 Å². The third-order valence-corrected chi connectivity index (χ3v) is 5.20. The van der Waals surface area contributed by atoms with Crippen LogP contribution >= 0.6 is 0 Å². The van der Waals surface area contributed by atoms with E-state index >= 15 is 0 Å². The second kappa shape index (κ2) is 10.5. The van der Waals surface area contributed by atoms with Crippen LogP contribution < -0.4 is 26.6 Å². The highest BCUT2D eigenvalue weighted by Gasteiger charge is 2.23. The van der Waals surface area contributed by atoms with Gasteiger partial charge in [-0.3, -0.25) is 19.1 Å².